The number of rotatable bonds is 5. The van der Waals surface area contributed by atoms with Crippen LogP contribution in [0.5, 0.6) is 0 Å². The van der Waals surface area contributed by atoms with Crippen molar-refractivity contribution in [3.05, 3.63) is 0 Å². The van der Waals surface area contributed by atoms with Crippen LogP contribution in [0.2, 0.25) is 0 Å². The summed E-state index contributed by atoms with van der Waals surface area (Å²) < 4.78 is 21.5. The van der Waals surface area contributed by atoms with E-state index in [1.54, 1.807) is 0 Å². The van der Waals surface area contributed by atoms with Crippen LogP contribution in [-0.2, 0) is 9.84 Å². The van der Waals surface area contributed by atoms with Crippen LogP contribution >= 0.6 is 0 Å². The molecule has 0 saturated heterocycles. The molecule has 0 radical (unpaired) electrons. The van der Waals surface area contributed by atoms with Gasteiger partial charge in [0.2, 0.25) is 0 Å². The van der Waals surface area contributed by atoms with Gasteiger partial charge in [0.15, 0.2) is 0 Å². The predicted octanol–water partition coefficient (Wildman–Crippen LogP) is 0.563. The molecule has 3 nitrogen and oxygen atoms in total. The number of nitrogens with one attached hydrogen (secondary N) is 1. The van der Waals surface area contributed by atoms with Gasteiger partial charge in [-0.3, -0.25) is 0 Å². The van der Waals surface area contributed by atoms with E-state index >= 15 is 0 Å². The minimum Gasteiger partial charge on any atom is -0.311 e. The van der Waals surface area contributed by atoms with Crippen LogP contribution in [0.4, 0.5) is 0 Å². The Hall–Kier alpha value is -0.0900. The summed E-state index contributed by atoms with van der Waals surface area (Å²) in [7, 11) is -2.76. The average Bonchev–Trinajstić information content (AvgIpc) is 2.60. The maximum absolute atomic E-state index is 10.7. The normalized spacial score (nSPS) is 20.8. The minimum absolute atomic E-state index is 0.302. The van der Waals surface area contributed by atoms with Crippen molar-refractivity contribution in [1.82, 2.24) is 5.32 Å². The van der Waals surface area contributed by atoms with Crippen molar-refractivity contribution in [1.29, 1.82) is 0 Å². The van der Waals surface area contributed by atoms with E-state index in [9.17, 15) is 8.42 Å². The fourth-order valence-electron chi connectivity index (χ4n) is 1.09. The maximum Gasteiger partial charge on any atom is 0.147 e. The van der Waals surface area contributed by atoms with Crippen LogP contribution < -0.4 is 5.32 Å². The predicted molar refractivity (Wildman–Crippen MR) is 50.0 cm³/mol. The zero-order valence-electron chi connectivity index (χ0n) is 7.76. The van der Waals surface area contributed by atoms with Crippen molar-refractivity contribution < 1.29 is 8.42 Å². The Bertz CT molecular complexity index is 242. The molecule has 0 amide bonds. The maximum atomic E-state index is 10.7. The minimum atomic E-state index is -2.76. The van der Waals surface area contributed by atoms with Crippen molar-refractivity contribution >= 4 is 9.84 Å². The highest BCUT2D eigenvalue weighted by atomic mass is 32.2. The second kappa shape index (κ2) is 3.34. The van der Waals surface area contributed by atoms with Crippen LogP contribution in [0.1, 0.15) is 26.2 Å². The molecule has 12 heavy (non-hydrogen) atoms. The van der Waals surface area contributed by atoms with Gasteiger partial charge in [0.1, 0.15) is 9.84 Å². The van der Waals surface area contributed by atoms with Gasteiger partial charge >= 0.3 is 0 Å². The van der Waals surface area contributed by atoms with Crippen molar-refractivity contribution in [3.8, 4) is 0 Å². The first-order valence-electron chi connectivity index (χ1n) is 4.34. The molecule has 0 aliphatic heterocycles. The van der Waals surface area contributed by atoms with Gasteiger partial charge < -0.3 is 5.32 Å². The SMILES string of the molecule is CC1(NCCCS(C)(=O)=O)CC1. The van der Waals surface area contributed by atoms with Gasteiger partial charge in [-0.1, -0.05) is 0 Å². The summed E-state index contributed by atoms with van der Waals surface area (Å²) in [6.45, 7) is 3.00. The van der Waals surface area contributed by atoms with E-state index in [2.05, 4.69) is 12.2 Å². The van der Waals surface area contributed by atoms with Crippen LogP contribution in [0.15, 0.2) is 0 Å². The molecular weight excluding hydrogens is 174 g/mol. The van der Waals surface area contributed by atoms with E-state index in [0.717, 1.165) is 13.0 Å². The molecule has 72 valence electrons. The third-order valence-corrected chi connectivity index (χ3v) is 3.27. The van der Waals surface area contributed by atoms with E-state index in [1.807, 2.05) is 0 Å². The Morgan fingerprint density at radius 1 is 1.42 bits per heavy atom. The zero-order valence-corrected chi connectivity index (χ0v) is 8.58. The zero-order chi connectivity index (χ0) is 9.24. The van der Waals surface area contributed by atoms with Crippen LogP contribution in [0.25, 0.3) is 0 Å². The lowest BCUT2D eigenvalue weighted by molar-refractivity contribution is 0.532. The summed E-state index contributed by atoms with van der Waals surface area (Å²) in [5.74, 6) is 0.302. The molecule has 1 rings (SSSR count). The number of hydrogen-bond donors (Lipinski definition) is 1. The quantitative estimate of drug-likeness (QED) is 0.646. The first kappa shape index (κ1) is 9.99. The third-order valence-electron chi connectivity index (χ3n) is 2.24. The van der Waals surface area contributed by atoms with E-state index in [1.165, 1.54) is 19.1 Å². The molecule has 0 spiro atoms. The number of sulfone groups is 1. The second-order valence-electron chi connectivity index (χ2n) is 3.97. The molecule has 0 heterocycles. The Labute approximate surface area is 74.5 Å². The van der Waals surface area contributed by atoms with Gasteiger partial charge in [-0.25, -0.2) is 8.42 Å². The highest BCUT2D eigenvalue weighted by Gasteiger charge is 2.35. The molecule has 0 aromatic rings. The Kier molecular flexibility index (Phi) is 2.78. The van der Waals surface area contributed by atoms with Crippen LogP contribution in [-0.4, -0.2) is 32.5 Å². The largest absolute Gasteiger partial charge is 0.311 e. The summed E-state index contributed by atoms with van der Waals surface area (Å²) >= 11 is 0. The van der Waals surface area contributed by atoms with Gasteiger partial charge in [-0.2, -0.15) is 0 Å². The molecule has 1 saturated carbocycles. The van der Waals surface area contributed by atoms with Gasteiger partial charge in [-0.15, -0.1) is 0 Å². The Morgan fingerprint density at radius 2 is 2.00 bits per heavy atom. The molecule has 1 aliphatic carbocycles. The monoisotopic (exact) mass is 191 g/mol. The Morgan fingerprint density at radius 3 is 2.42 bits per heavy atom. The summed E-state index contributed by atoms with van der Waals surface area (Å²) in [5, 5.41) is 3.34. The van der Waals surface area contributed by atoms with E-state index < -0.39 is 9.84 Å². The molecule has 0 aromatic carbocycles. The van der Waals surface area contributed by atoms with Crippen molar-refractivity contribution in [2.45, 2.75) is 31.7 Å². The van der Waals surface area contributed by atoms with Crippen molar-refractivity contribution in [3.63, 3.8) is 0 Å². The summed E-state index contributed by atoms with van der Waals surface area (Å²) in [6.07, 6.45) is 4.47. The van der Waals surface area contributed by atoms with Gasteiger partial charge in [0, 0.05) is 11.8 Å². The van der Waals surface area contributed by atoms with Crippen molar-refractivity contribution in [2.24, 2.45) is 0 Å². The van der Waals surface area contributed by atoms with E-state index in [4.69, 9.17) is 0 Å². The van der Waals surface area contributed by atoms with Crippen LogP contribution in [0.3, 0.4) is 0 Å². The fraction of sp³-hybridized carbons (Fsp3) is 1.00. The molecule has 0 atom stereocenters. The Balaban J connectivity index is 2.04. The van der Waals surface area contributed by atoms with Gasteiger partial charge in [0.25, 0.3) is 0 Å². The first-order chi connectivity index (χ1) is 5.41. The van der Waals surface area contributed by atoms with Crippen LogP contribution in [0, 0.1) is 0 Å². The standard InChI is InChI=1S/C8H17NO2S/c1-8(4-5-8)9-6-3-7-12(2,10)11/h9H,3-7H2,1-2H3. The molecule has 0 bridgehead atoms. The van der Waals surface area contributed by atoms with E-state index in [-0.39, 0.29) is 0 Å². The van der Waals surface area contributed by atoms with Gasteiger partial charge in [0.05, 0.1) is 5.75 Å². The fourth-order valence-corrected chi connectivity index (χ4v) is 1.76. The molecule has 4 heteroatoms. The summed E-state index contributed by atoms with van der Waals surface area (Å²) in [6, 6.07) is 0. The van der Waals surface area contributed by atoms with E-state index in [0.29, 0.717) is 11.3 Å². The van der Waals surface area contributed by atoms with Crippen molar-refractivity contribution in [2.75, 3.05) is 18.6 Å². The second-order valence-corrected chi connectivity index (χ2v) is 6.23. The highest BCUT2D eigenvalue weighted by Crippen LogP contribution is 2.33. The smallest absolute Gasteiger partial charge is 0.147 e. The molecule has 1 fully saturated rings. The highest BCUT2D eigenvalue weighted by molar-refractivity contribution is 7.90. The number of hydrogen-bond acceptors (Lipinski definition) is 3. The molecule has 1 aliphatic rings. The van der Waals surface area contributed by atoms with Gasteiger partial charge in [-0.05, 0) is 32.7 Å². The third kappa shape index (κ3) is 4.07. The summed E-state index contributed by atoms with van der Waals surface area (Å²) in [5.41, 5.74) is 0.331. The molecular formula is C8H17NO2S. The lowest BCUT2D eigenvalue weighted by Gasteiger charge is -2.09. The lowest BCUT2D eigenvalue weighted by atomic mass is 10.3. The lowest BCUT2D eigenvalue weighted by Crippen LogP contribution is -2.29. The topological polar surface area (TPSA) is 46.2 Å². The average molecular weight is 191 g/mol. The molecule has 1 N–H and O–H groups in total. The molecule has 0 unspecified atom stereocenters. The summed E-state index contributed by atoms with van der Waals surface area (Å²) in [4.78, 5) is 0. The first-order valence-corrected chi connectivity index (χ1v) is 6.40. The molecule has 0 aromatic heterocycles.